The molecular formula is C20H31N3O4. The minimum absolute atomic E-state index is 0.223. The van der Waals surface area contributed by atoms with Gasteiger partial charge in [0.05, 0.1) is 25.9 Å². The molecule has 0 saturated carbocycles. The van der Waals surface area contributed by atoms with Crippen LogP contribution in [0.25, 0.3) is 0 Å². The molecule has 2 aliphatic heterocycles. The number of benzene rings is 1. The van der Waals surface area contributed by atoms with Crippen molar-refractivity contribution in [1.29, 1.82) is 0 Å². The highest BCUT2D eigenvalue weighted by Gasteiger charge is 2.31. The fourth-order valence-corrected chi connectivity index (χ4v) is 4.01. The second kappa shape index (κ2) is 10.0. The van der Waals surface area contributed by atoms with Crippen LogP contribution in [0.2, 0.25) is 0 Å². The standard InChI is InChI=1S/C20H31N3O4/c1-26-15-19-16-27-12-11-21(19)8-7-18-14-23(20(24)25)10-9-22(18)13-17-5-3-2-4-6-17/h2-6,18-19H,7-16H2,1H3,(H,24,25)/t18?,19-/m1/s1. The van der Waals surface area contributed by atoms with Crippen LogP contribution in [-0.2, 0) is 16.0 Å². The number of hydrogen-bond donors (Lipinski definition) is 1. The first-order valence-corrected chi connectivity index (χ1v) is 9.74. The molecule has 27 heavy (non-hydrogen) atoms. The van der Waals surface area contributed by atoms with E-state index in [-0.39, 0.29) is 12.1 Å². The van der Waals surface area contributed by atoms with Crippen LogP contribution in [-0.4, -0.2) is 97.6 Å². The summed E-state index contributed by atoms with van der Waals surface area (Å²) < 4.78 is 10.9. The normalized spacial score (nSPS) is 24.9. The first-order chi connectivity index (χ1) is 13.2. The molecule has 2 heterocycles. The number of carbonyl (C=O) groups is 1. The third kappa shape index (κ3) is 5.65. The molecule has 0 bridgehead atoms. The van der Waals surface area contributed by atoms with Crippen LogP contribution < -0.4 is 0 Å². The lowest BCUT2D eigenvalue weighted by Crippen LogP contribution is -2.56. The van der Waals surface area contributed by atoms with E-state index in [0.29, 0.717) is 26.3 Å². The van der Waals surface area contributed by atoms with Crippen molar-refractivity contribution in [3.05, 3.63) is 35.9 Å². The molecule has 2 fully saturated rings. The maximum atomic E-state index is 11.5. The molecule has 7 heteroatoms. The van der Waals surface area contributed by atoms with Crippen LogP contribution >= 0.6 is 0 Å². The van der Waals surface area contributed by atoms with Crippen molar-refractivity contribution in [2.75, 3.05) is 59.7 Å². The minimum Gasteiger partial charge on any atom is -0.465 e. The summed E-state index contributed by atoms with van der Waals surface area (Å²) >= 11 is 0. The second-order valence-electron chi connectivity index (χ2n) is 7.35. The van der Waals surface area contributed by atoms with E-state index in [0.717, 1.165) is 39.2 Å². The van der Waals surface area contributed by atoms with Crippen LogP contribution in [0.1, 0.15) is 12.0 Å². The molecule has 0 aliphatic carbocycles. The van der Waals surface area contributed by atoms with E-state index < -0.39 is 6.09 Å². The molecule has 2 atom stereocenters. The van der Waals surface area contributed by atoms with Gasteiger partial charge < -0.3 is 19.5 Å². The van der Waals surface area contributed by atoms with Gasteiger partial charge in [-0.05, 0) is 12.0 Å². The Morgan fingerprint density at radius 1 is 1.19 bits per heavy atom. The zero-order valence-corrected chi connectivity index (χ0v) is 16.1. The Balaban J connectivity index is 1.62. The molecule has 0 radical (unpaired) electrons. The average Bonchev–Trinajstić information content (AvgIpc) is 2.69. The van der Waals surface area contributed by atoms with Gasteiger partial charge in [0.25, 0.3) is 0 Å². The quantitative estimate of drug-likeness (QED) is 0.779. The van der Waals surface area contributed by atoms with Crippen LogP contribution in [0, 0.1) is 0 Å². The van der Waals surface area contributed by atoms with E-state index in [4.69, 9.17) is 9.47 Å². The van der Waals surface area contributed by atoms with E-state index in [1.807, 2.05) is 6.07 Å². The van der Waals surface area contributed by atoms with E-state index >= 15 is 0 Å². The fourth-order valence-electron chi connectivity index (χ4n) is 4.01. The van der Waals surface area contributed by atoms with Crippen molar-refractivity contribution in [3.8, 4) is 0 Å². The molecule has 1 amide bonds. The van der Waals surface area contributed by atoms with Crippen LogP contribution in [0.15, 0.2) is 30.3 Å². The molecular weight excluding hydrogens is 346 g/mol. The molecule has 1 aromatic carbocycles. The Morgan fingerprint density at radius 2 is 2.00 bits per heavy atom. The third-order valence-corrected chi connectivity index (χ3v) is 5.56. The van der Waals surface area contributed by atoms with Crippen molar-refractivity contribution in [3.63, 3.8) is 0 Å². The van der Waals surface area contributed by atoms with Gasteiger partial charge in [-0.15, -0.1) is 0 Å². The number of amides is 1. The minimum atomic E-state index is -0.817. The number of methoxy groups -OCH3 is 1. The molecule has 150 valence electrons. The number of morpholine rings is 1. The number of hydrogen-bond acceptors (Lipinski definition) is 5. The summed E-state index contributed by atoms with van der Waals surface area (Å²) in [5.41, 5.74) is 1.27. The Morgan fingerprint density at radius 3 is 2.74 bits per heavy atom. The highest BCUT2D eigenvalue weighted by atomic mass is 16.5. The van der Waals surface area contributed by atoms with Crippen molar-refractivity contribution >= 4 is 6.09 Å². The lowest BCUT2D eigenvalue weighted by atomic mass is 10.1. The van der Waals surface area contributed by atoms with Gasteiger partial charge in [-0.3, -0.25) is 9.80 Å². The summed E-state index contributed by atoms with van der Waals surface area (Å²) in [4.78, 5) is 17.9. The highest BCUT2D eigenvalue weighted by Crippen LogP contribution is 2.18. The summed E-state index contributed by atoms with van der Waals surface area (Å²) in [5.74, 6) is 0. The third-order valence-electron chi connectivity index (χ3n) is 5.56. The Kier molecular flexibility index (Phi) is 7.46. The molecule has 1 aromatic rings. The monoisotopic (exact) mass is 377 g/mol. The Hall–Kier alpha value is -1.67. The van der Waals surface area contributed by atoms with E-state index in [1.165, 1.54) is 5.56 Å². The lowest BCUT2D eigenvalue weighted by Gasteiger charge is -2.42. The Bertz CT molecular complexity index is 584. The van der Waals surface area contributed by atoms with Gasteiger partial charge in [0.1, 0.15) is 0 Å². The molecule has 2 aliphatic rings. The van der Waals surface area contributed by atoms with Crippen LogP contribution in [0.5, 0.6) is 0 Å². The van der Waals surface area contributed by atoms with Crippen LogP contribution in [0.3, 0.4) is 0 Å². The zero-order chi connectivity index (χ0) is 19.1. The van der Waals surface area contributed by atoms with Crippen molar-refractivity contribution in [2.45, 2.75) is 25.0 Å². The maximum Gasteiger partial charge on any atom is 0.407 e. The van der Waals surface area contributed by atoms with Gasteiger partial charge in [-0.25, -0.2) is 4.79 Å². The summed E-state index contributed by atoms with van der Waals surface area (Å²) in [7, 11) is 1.72. The average molecular weight is 377 g/mol. The molecule has 0 aromatic heterocycles. The smallest absolute Gasteiger partial charge is 0.407 e. The first kappa shape index (κ1) is 20.1. The van der Waals surface area contributed by atoms with Gasteiger partial charge in [-0.1, -0.05) is 30.3 Å². The number of nitrogens with zero attached hydrogens (tertiary/aromatic N) is 3. The molecule has 1 unspecified atom stereocenters. The molecule has 0 spiro atoms. The van der Waals surface area contributed by atoms with E-state index in [2.05, 4.69) is 34.1 Å². The predicted molar refractivity (Wildman–Crippen MR) is 103 cm³/mol. The number of ether oxygens (including phenoxy) is 2. The molecule has 1 N–H and O–H groups in total. The van der Waals surface area contributed by atoms with Gasteiger partial charge in [0.15, 0.2) is 0 Å². The highest BCUT2D eigenvalue weighted by molar-refractivity contribution is 5.65. The largest absolute Gasteiger partial charge is 0.465 e. The van der Waals surface area contributed by atoms with E-state index in [1.54, 1.807) is 12.0 Å². The summed E-state index contributed by atoms with van der Waals surface area (Å²) in [5, 5.41) is 9.42. The second-order valence-corrected chi connectivity index (χ2v) is 7.35. The topological polar surface area (TPSA) is 65.5 Å². The van der Waals surface area contributed by atoms with Gasteiger partial charge in [0.2, 0.25) is 0 Å². The molecule has 2 saturated heterocycles. The lowest BCUT2D eigenvalue weighted by molar-refractivity contribution is -0.0399. The van der Waals surface area contributed by atoms with Crippen molar-refractivity contribution < 1.29 is 19.4 Å². The maximum absolute atomic E-state index is 11.5. The summed E-state index contributed by atoms with van der Waals surface area (Å²) in [6.45, 7) is 6.74. The fraction of sp³-hybridized carbons (Fsp3) is 0.650. The van der Waals surface area contributed by atoms with Gasteiger partial charge >= 0.3 is 6.09 Å². The summed E-state index contributed by atoms with van der Waals surface area (Å²) in [6.07, 6.45) is 0.125. The number of rotatable bonds is 7. The van der Waals surface area contributed by atoms with Gasteiger partial charge in [-0.2, -0.15) is 0 Å². The number of carboxylic acid groups (broad SMARTS) is 1. The predicted octanol–water partition coefficient (Wildman–Crippen LogP) is 1.59. The molecule has 3 rings (SSSR count). The first-order valence-electron chi connectivity index (χ1n) is 9.74. The Labute approximate surface area is 161 Å². The number of piperazine rings is 1. The van der Waals surface area contributed by atoms with Crippen molar-refractivity contribution in [2.24, 2.45) is 0 Å². The zero-order valence-electron chi connectivity index (χ0n) is 16.1. The molecule has 7 nitrogen and oxygen atoms in total. The summed E-state index contributed by atoms with van der Waals surface area (Å²) in [6, 6.07) is 10.9. The van der Waals surface area contributed by atoms with Crippen LogP contribution in [0.4, 0.5) is 4.79 Å². The SMILES string of the molecule is COC[C@@H]1COCCN1CCC1CN(C(=O)O)CCN1Cc1ccccc1. The van der Waals surface area contributed by atoms with Gasteiger partial charge in [0, 0.05) is 52.4 Å². The van der Waals surface area contributed by atoms with E-state index in [9.17, 15) is 9.90 Å². The van der Waals surface area contributed by atoms with Crippen molar-refractivity contribution in [1.82, 2.24) is 14.7 Å².